The normalized spacial score (nSPS) is 12.4. The molecule has 4 heteroatoms. The second-order valence-corrected chi connectivity index (χ2v) is 5.80. The highest BCUT2D eigenvalue weighted by molar-refractivity contribution is 7.99. The van der Waals surface area contributed by atoms with E-state index in [-0.39, 0.29) is 6.04 Å². The van der Waals surface area contributed by atoms with Gasteiger partial charge in [0.1, 0.15) is 0 Å². The van der Waals surface area contributed by atoms with Crippen molar-refractivity contribution in [1.29, 1.82) is 0 Å². The van der Waals surface area contributed by atoms with Crippen LogP contribution in [0.15, 0.2) is 47.6 Å². The predicted octanol–water partition coefficient (Wildman–Crippen LogP) is 4.09. The molecule has 0 spiro atoms. The summed E-state index contributed by atoms with van der Waals surface area (Å²) in [6.07, 6.45) is 2.71. The van der Waals surface area contributed by atoms with Crippen molar-refractivity contribution in [1.82, 2.24) is 4.98 Å². The van der Waals surface area contributed by atoms with Gasteiger partial charge >= 0.3 is 0 Å². The van der Waals surface area contributed by atoms with Gasteiger partial charge in [-0.3, -0.25) is 0 Å². The van der Waals surface area contributed by atoms with E-state index in [0.717, 1.165) is 17.2 Å². The molecule has 0 aliphatic heterocycles. The molecule has 2 N–H and O–H groups in total. The van der Waals surface area contributed by atoms with E-state index in [1.807, 2.05) is 12.1 Å². The molecular weight excluding hydrogens is 276 g/mol. The fourth-order valence-corrected chi connectivity index (χ4v) is 2.67. The number of nitrogens with zero attached hydrogens (tertiary/aromatic N) is 1. The van der Waals surface area contributed by atoms with Crippen molar-refractivity contribution in [2.75, 3.05) is 5.75 Å². The molecule has 0 saturated carbocycles. The van der Waals surface area contributed by atoms with E-state index < -0.39 is 0 Å². The fraction of sp³-hybridized carbons (Fsp3) is 0.267. The molecule has 0 aliphatic rings. The molecule has 100 valence electrons. The van der Waals surface area contributed by atoms with Crippen LogP contribution in [-0.2, 0) is 6.42 Å². The maximum atomic E-state index is 6.19. The van der Waals surface area contributed by atoms with Crippen LogP contribution in [0.1, 0.15) is 24.1 Å². The Labute approximate surface area is 123 Å². The van der Waals surface area contributed by atoms with E-state index in [1.54, 1.807) is 18.0 Å². The number of rotatable bonds is 5. The highest BCUT2D eigenvalue weighted by Gasteiger charge is 2.07. The fourth-order valence-electron chi connectivity index (χ4n) is 1.72. The number of benzene rings is 1. The second kappa shape index (κ2) is 6.94. The molecule has 0 amide bonds. The average Bonchev–Trinajstić information content (AvgIpc) is 2.46. The van der Waals surface area contributed by atoms with Crippen LogP contribution in [0.4, 0.5) is 0 Å². The maximum absolute atomic E-state index is 6.19. The highest BCUT2D eigenvalue weighted by Crippen LogP contribution is 2.23. The number of thioether (sulfide) groups is 1. The minimum Gasteiger partial charge on any atom is -0.323 e. The summed E-state index contributed by atoms with van der Waals surface area (Å²) >= 11 is 7.45. The number of hydrogen-bond donors (Lipinski definition) is 1. The lowest BCUT2D eigenvalue weighted by molar-refractivity contribution is 0.828. The monoisotopic (exact) mass is 292 g/mol. The molecule has 1 aromatic carbocycles. The maximum Gasteiger partial charge on any atom is 0.0961 e. The van der Waals surface area contributed by atoms with Gasteiger partial charge in [0.25, 0.3) is 0 Å². The Hall–Kier alpha value is -1.03. The summed E-state index contributed by atoms with van der Waals surface area (Å²) in [5.41, 5.74) is 8.69. The Balaban J connectivity index is 1.93. The van der Waals surface area contributed by atoms with Crippen LogP contribution >= 0.6 is 23.4 Å². The Morgan fingerprint density at radius 1 is 1.21 bits per heavy atom. The second-order valence-electron chi connectivity index (χ2n) is 4.33. The van der Waals surface area contributed by atoms with Crippen molar-refractivity contribution in [3.05, 3.63) is 58.7 Å². The van der Waals surface area contributed by atoms with E-state index in [4.69, 9.17) is 17.3 Å². The lowest BCUT2D eigenvalue weighted by Crippen LogP contribution is -2.13. The van der Waals surface area contributed by atoms with E-state index in [9.17, 15) is 0 Å². The third-order valence-electron chi connectivity index (χ3n) is 2.93. The first-order valence-electron chi connectivity index (χ1n) is 6.28. The molecule has 0 saturated heterocycles. The Bertz CT molecular complexity index is 511. The minimum absolute atomic E-state index is 0.0217. The number of aromatic nitrogens is 1. The summed E-state index contributed by atoms with van der Waals surface area (Å²) in [5, 5.41) is 1.61. The van der Waals surface area contributed by atoms with Crippen molar-refractivity contribution in [2.24, 2.45) is 5.73 Å². The van der Waals surface area contributed by atoms with E-state index in [2.05, 4.69) is 36.2 Å². The van der Waals surface area contributed by atoms with Crippen molar-refractivity contribution in [3.8, 4) is 0 Å². The van der Waals surface area contributed by atoms with Crippen LogP contribution in [0.25, 0.3) is 0 Å². The summed E-state index contributed by atoms with van der Waals surface area (Å²) in [6, 6.07) is 12.3. The third kappa shape index (κ3) is 4.23. The van der Waals surface area contributed by atoms with Gasteiger partial charge in [0.2, 0.25) is 0 Å². The zero-order chi connectivity index (χ0) is 13.7. The molecule has 2 nitrogen and oxygen atoms in total. The molecule has 2 rings (SSSR count). The van der Waals surface area contributed by atoms with E-state index in [0.29, 0.717) is 5.02 Å². The molecule has 19 heavy (non-hydrogen) atoms. The number of nitrogens with two attached hydrogens (primary N) is 1. The summed E-state index contributed by atoms with van der Waals surface area (Å²) in [5.74, 6) is 0.806. The molecule has 2 aromatic rings. The van der Waals surface area contributed by atoms with Gasteiger partial charge < -0.3 is 5.73 Å². The summed E-state index contributed by atoms with van der Waals surface area (Å²) in [6.45, 7) is 2.15. The molecule has 0 bridgehead atoms. The van der Waals surface area contributed by atoms with Gasteiger partial charge in [0.15, 0.2) is 0 Å². The zero-order valence-corrected chi connectivity index (χ0v) is 12.4. The third-order valence-corrected chi connectivity index (χ3v) is 4.21. The summed E-state index contributed by atoms with van der Waals surface area (Å²) in [4.78, 5) is 4.25. The summed E-state index contributed by atoms with van der Waals surface area (Å²) < 4.78 is 0. The number of halogens is 1. The zero-order valence-electron chi connectivity index (χ0n) is 10.8. The smallest absolute Gasteiger partial charge is 0.0961 e. The molecule has 1 atom stereocenters. The van der Waals surface area contributed by atoms with Gasteiger partial charge in [-0.05, 0) is 29.7 Å². The van der Waals surface area contributed by atoms with Crippen LogP contribution < -0.4 is 5.73 Å². The molecule has 0 aliphatic carbocycles. The van der Waals surface area contributed by atoms with Crippen LogP contribution in [0.2, 0.25) is 5.02 Å². The first kappa shape index (κ1) is 14.4. The first-order chi connectivity index (χ1) is 9.19. The lowest BCUT2D eigenvalue weighted by atomic mass is 10.1. The van der Waals surface area contributed by atoms with Gasteiger partial charge in [-0.25, -0.2) is 4.98 Å². The van der Waals surface area contributed by atoms with Crippen molar-refractivity contribution in [2.45, 2.75) is 24.4 Å². The van der Waals surface area contributed by atoms with Gasteiger partial charge in [-0.15, -0.1) is 11.8 Å². The largest absolute Gasteiger partial charge is 0.323 e. The van der Waals surface area contributed by atoms with Crippen LogP contribution in [0.5, 0.6) is 0 Å². The van der Waals surface area contributed by atoms with Gasteiger partial charge in [0, 0.05) is 18.0 Å². The molecule has 1 aromatic heterocycles. The van der Waals surface area contributed by atoms with Crippen LogP contribution in [0, 0.1) is 0 Å². The Morgan fingerprint density at radius 2 is 1.95 bits per heavy atom. The lowest BCUT2D eigenvalue weighted by Gasteiger charge is -2.12. The molecule has 1 unspecified atom stereocenters. The summed E-state index contributed by atoms with van der Waals surface area (Å²) in [7, 11) is 0. The molecule has 1 heterocycles. The van der Waals surface area contributed by atoms with Gasteiger partial charge in [-0.1, -0.05) is 42.8 Å². The van der Waals surface area contributed by atoms with E-state index >= 15 is 0 Å². The van der Waals surface area contributed by atoms with E-state index in [1.165, 1.54) is 11.1 Å². The van der Waals surface area contributed by atoms with Crippen molar-refractivity contribution in [3.63, 3.8) is 0 Å². The minimum atomic E-state index is 0.0217. The molecular formula is C15H17ClN2S. The quantitative estimate of drug-likeness (QED) is 0.844. The Kier molecular flexibility index (Phi) is 5.25. The highest BCUT2D eigenvalue weighted by atomic mass is 35.5. The predicted molar refractivity (Wildman–Crippen MR) is 82.7 cm³/mol. The number of aryl methyl sites for hydroxylation is 1. The van der Waals surface area contributed by atoms with Gasteiger partial charge in [-0.2, -0.15) is 0 Å². The topological polar surface area (TPSA) is 38.9 Å². The first-order valence-corrected chi connectivity index (χ1v) is 7.64. The number of hydrogen-bond acceptors (Lipinski definition) is 3. The Morgan fingerprint density at radius 3 is 2.53 bits per heavy atom. The van der Waals surface area contributed by atoms with Crippen LogP contribution in [-0.4, -0.2) is 10.7 Å². The standard InChI is InChI=1S/C15H17ClN2S/c1-2-11-3-5-12(6-4-11)14(17)10-19-15-8-7-13(16)9-18-15/h3-9,14H,2,10,17H2,1H3. The average molecular weight is 293 g/mol. The van der Waals surface area contributed by atoms with Crippen molar-refractivity contribution < 1.29 is 0 Å². The van der Waals surface area contributed by atoms with Crippen LogP contribution in [0.3, 0.4) is 0 Å². The molecule has 0 fully saturated rings. The number of pyridine rings is 1. The SMILES string of the molecule is CCc1ccc(C(N)CSc2ccc(Cl)cn2)cc1. The van der Waals surface area contributed by atoms with Gasteiger partial charge in [0.05, 0.1) is 10.0 Å². The van der Waals surface area contributed by atoms with Crippen molar-refractivity contribution >= 4 is 23.4 Å². The molecule has 0 radical (unpaired) electrons.